The third-order valence-electron chi connectivity index (χ3n) is 5.04. The summed E-state index contributed by atoms with van der Waals surface area (Å²) in [7, 11) is 1.56. The van der Waals surface area contributed by atoms with E-state index in [1.807, 2.05) is 18.7 Å². The van der Waals surface area contributed by atoms with E-state index in [-0.39, 0.29) is 17.9 Å². The Kier molecular flexibility index (Phi) is 4.62. The summed E-state index contributed by atoms with van der Waals surface area (Å²) in [6.45, 7) is 4.53. The van der Waals surface area contributed by atoms with Crippen molar-refractivity contribution < 1.29 is 9.53 Å². The smallest absolute Gasteiger partial charge is 0.255 e. The van der Waals surface area contributed by atoms with E-state index in [1.54, 1.807) is 48.2 Å². The fraction of sp³-hybridized carbons (Fsp3) is 0.286. The molecule has 148 valence electrons. The summed E-state index contributed by atoms with van der Waals surface area (Å²) in [6, 6.07) is 10.2. The summed E-state index contributed by atoms with van der Waals surface area (Å²) >= 11 is 0. The van der Waals surface area contributed by atoms with Crippen LogP contribution in [0.3, 0.4) is 0 Å². The minimum Gasteiger partial charge on any atom is -0.497 e. The molecule has 0 N–H and O–H groups in total. The van der Waals surface area contributed by atoms with Crippen molar-refractivity contribution in [1.82, 2.24) is 19.5 Å². The average molecular weight is 391 g/mol. The van der Waals surface area contributed by atoms with Gasteiger partial charge in [-0.25, -0.2) is 15.0 Å². The molecule has 0 fully saturated rings. The molecule has 1 aliphatic heterocycles. The van der Waals surface area contributed by atoms with E-state index in [0.29, 0.717) is 35.2 Å². The number of carbonyl (C=O) groups excluding carboxylic acids is 1. The Morgan fingerprint density at radius 2 is 2.03 bits per heavy atom. The highest BCUT2D eigenvalue weighted by molar-refractivity contribution is 5.99. The van der Waals surface area contributed by atoms with Gasteiger partial charge in [0.1, 0.15) is 12.1 Å². The maximum Gasteiger partial charge on any atom is 0.255 e. The van der Waals surface area contributed by atoms with Crippen molar-refractivity contribution in [2.75, 3.05) is 18.6 Å². The van der Waals surface area contributed by atoms with Gasteiger partial charge in [-0.3, -0.25) is 14.2 Å². The number of nitrogens with zero attached hydrogens (tertiary/aromatic N) is 5. The molecule has 8 nitrogen and oxygen atoms in total. The zero-order valence-electron chi connectivity index (χ0n) is 16.5. The van der Waals surface area contributed by atoms with E-state index in [0.717, 1.165) is 0 Å². The van der Waals surface area contributed by atoms with E-state index < -0.39 is 5.54 Å². The van der Waals surface area contributed by atoms with Crippen molar-refractivity contribution in [2.24, 2.45) is 0 Å². The maximum atomic E-state index is 13.0. The van der Waals surface area contributed by atoms with Crippen molar-refractivity contribution in [3.63, 3.8) is 0 Å². The molecule has 8 heteroatoms. The first-order valence-corrected chi connectivity index (χ1v) is 9.22. The molecule has 2 aromatic heterocycles. The molecule has 0 spiro atoms. The first-order valence-electron chi connectivity index (χ1n) is 9.22. The topological polar surface area (TPSA) is 90.2 Å². The number of fused-ring (bicyclic) bond motifs is 1. The Morgan fingerprint density at radius 3 is 2.76 bits per heavy atom. The van der Waals surface area contributed by atoms with Crippen LogP contribution in [0.4, 0.5) is 5.95 Å². The molecular formula is C21H21N5O3. The number of rotatable bonds is 5. The fourth-order valence-electron chi connectivity index (χ4n) is 3.48. The molecule has 0 saturated carbocycles. The fourth-order valence-corrected chi connectivity index (χ4v) is 3.48. The first kappa shape index (κ1) is 18.8. The second-order valence-electron chi connectivity index (χ2n) is 7.51. The molecule has 0 amide bonds. The standard InChI is InChI=1S/C21H21N5O3/c1-21(2)12-25-19(28)10-17(16-7-8-22-13-23-16)24-20(25)26(21)11-18(27)14-5-4-6-15(9-14)29-3/h4-10,13H,11-12H2,1-3H3. The highest BCUT2D eigenvalue weighted by atomic mass is 16.5. The number of Topliss-reactive ketones (excluding diaryl/α,β-unsaturated/α-hetero) is 1. The number of ketones is 1. The molecule has 3 aromatic rings. The quantitative estimate of drug-likeness (QED) is 0.616. The first-order chi connectivity index (χ1) is 13.9. The number of ether oxygens (including phenoxy) is 1. The Morgan fingerprint density at radius 1 is 1.21 bits per heavy atom. The van der Waals surface area contributed by atoms with Gasteiger partial charge in [0.15, 0.2) is 5.78 Å². The number of hydrogen-bond donors (Lipinski definition) is 0. The van der Waals surface area contributed by atoms with Gasteiger partial charge >= 0.3 is 0 Å². The summed E-state index contributed by atoms with van der Waals surface area (Å²) in [4.78, 5) is 40.3. The highest BCUT2D eigenvalue weighted by Gasteiger charge is 2.39. The largest absolute Gasteiger partial charge is 0.497 e. The normalized spacial score (nSPS) is 14.5. The molecule has 0 saturated heterocycles. The minimum absolute atomic E-state index is 0.0767. The van der Waals surface area contributed by atoms with Crippen molar-refractivity contribution >= 4 is 11.7 Å². The van der Waals surface area contributed by atoms with E-state index >= 15 is 0 Å². The van der Waals surface area contributed by atoms with Gasteiger partial charge in [0.2, 0.25) is 5.95 Å². The van der Waals surface area contributed by atoms with Crippen LogP contribution in [0, 0.1) is 0 Å². The van der Waals surface area contributed by atoms with Crippen molar-refractivity contribution in [2.45, 2.75) is 25.9 Å². The average Bonchev–Trinajstić information content (AvgIpc) is 2.99. The zero-order valence-corrected chi connectivity index (χ0v) is 16.5. The van der Waals surface area contributed by atoms with Gasteiger partial charge in [-0.15, -0.1) is 0 Å². The Balaban J connectivity index is 1.72. The van der Waals surface area contributed by atoms with E-state index in [2.05, 4.69) is 15.0 Å². The molecule has 0 bridgehead atoms. The lowest BCUT2D eigenvalue weighted by Gasteiger charge is -2.31. The molecule has 0 aliphatic carbocycles. The molecule has 0 radical (unpaired) electrons. The Bertz CT molecular complexity index is 1120. The predicted octanol–water partition coefficient (Wildman–Crippen LogP) is 2.19. The summed E-state index contributed by atoms with van der Waals surface area (Å²) < 4.78 is 6.82. The minimum atomic E-state index is -0.446. The number of carbonyl (C=O) groups is 1. The number of benzene rings is 1. The molecule has 4 rings (SSSR count). The summed E-state index contributed by atoms with van der Waals surface area (Å²) in [5.74, 6) is 1.01. The lowest BCUT2D eigenvalue weighted by molar-refractivity contribution is 0.0993. The van der Waals surface area contributed by atoms with Crippen LogP contribution in [0.2, 0.25) is 0 Å². The summed E-state index contributed by atoms with van der Waals surface area (Å²) in [6.07, 6.45) is 3.01. The van der Waals surface area contributed by atoms with Gasteiger partial charge in [-0.1, -0.05) is 12.1 Å². The van der Waals surface area contributed by atoms with Crippen LogP contribution in [0.15, 0.2) is 53.7 Å². The van der Waals surface area contributed by atoms with Crippen LogP contribution in [-0.4, -0.2) is 44.5 Å². The van der Waals surface area contributed by atoms with E-state index in [4.69, 9.17) is 4.74 Å². The summed E-state index contributed by atoms with van der Waals surface area (Å²) in [5, 5.41) is 0. The van der Waals surface area contributed by atoms with Crippen LogP contribution in [0.25, 0.3) is 11.4 Å². The van der Waals surface area contributed by atoms with Crippen LogP contribution >= 0.6 is 0 Å². The molecule has 29 heavy (non-hydrogen) atoms. The molecule has 1 aromatic carbocycles. The third kappa shape index (κ3) is 3.49. The van der Waals surface area contributed by atoms with Gasteiger partial charge in [0, 0.05) is 17.8 Å². The Hall–Kier alpha value is -3.55. The van der Waals surface area contributed by atoms with E-state index in [9.17, 15) is 9.59 Å². The monoisotopic (exact) mass is 391 g/mol. The van der Waals surface area contributed by atoms with Gasteiger partial charge in [-0.2, -0.15) is 0 Å². The van der Waals surface area contributed by atoms with E-state index in [1.165, 1.54) is 12.4 Å². The van der Waals surface area contributed by atoms with Gasteiger partial charge in [-0.05, 0) is 32.0 Å². The van der Waals surface area contributed by atoms with Gasteiger partial charge in [0.05, 0.1) is 37.1 Å². The van der Waals surface area contributed by atoms with Crippen LogP contribution in [-0.2, 0) is 6.54 Å². The molecule has 3 heterocycles. The summed E-state index contributed by atoms with van der Waals surface area (Å²) in [5.41, 5.74) is 0.947. The Labute approximate surface area is 167 Å². The predicted molar refractivity (Wildman–Crippen MR) is 108 cm³/mol. The zero-order chi connectivity index (χ0) is 20.6. The second-order valence-corrected chi connectivity index (χ2v) is 7.51. The lowest BCUT2D eigenvalue weighted by atomic mass is 10.0. The highest BCUT2D eigenvalue weighted by Crippen LogP contribution is 2.32. The number of methoxy groups -OCH3 is 1. The van der Waals surface area contributed by atoms with Crippen molar-refractivity contribution in [3.05, 3.63) is 64.8 Å². The maximum absolute atomic E-state index is 13.0. The SMILES string of the molecule is COc1cccc(C(=O)CN2c3nc(-c4ccncn4)cc(=O)n3CC2(C)C)c1. The molecule has 1 aliphatic rings. The number of hydrogen-bond acceptors (Lipinski definition) is 7. The van der Waals surface area contributed by atoms with Crippen molar-refractivity contribution in [3.8, 4) is 17.1 Å². The number of anilines is 1. The van der Waals surface area contributed by atoms with Gasteiger partial charge < -0.3 is 9.64 Å². The third-order valence-corrected chi connectivity index (χ3v) is 5.04. The lowest BCUT2D eigenvalue weighted by Crippen LogP contribution is -2.44. The second kappa shape index (κ2) is 7.12. The van der Waals surface area contributed by atoms with Crippen LogP contribution in [0.5, 0.6) is 5.75 Å². The molecule has 0 unspecified atom stereocenters. The molecule has 0 atom stereocenters. The number of aromatic nitrogens is 4. The molecular weight excluding hydrogens is 370 g/mol. The van der Waals surface area contributed by atoms with Crippen LogP contribution in [0.1, 0.15) is 24.2 Å². The van der Waals surface area contributed by atoms with Gasteiger partial charge in [0.25, 0.3) is 5.56 Å². The van der Waals surface area contributed by atoms with Crippen molar-refractivity contribution in [1.29, 1.82) is 0 Å². The van der Waals surface area contributed by atoms with Crippen LogP contribution < -0.4 is 15.2 Å².